The summed E-state index contributed by atoms with van der Waals surface area (Å²) in [5.41, 5.74) is 7.02. The summed E-state index contributed by atoms with van der Waals surface area (Å²) in [5.74, 6) is 0.342. The lowest BCUT2D eigenvalue weighted by Gasteiger charge is -2.09. The summed E-state index contributed by atoms with van der Waals surface area (Å²) in [6.07, 6.45) is 0. The van der Waals surface area contributed by atoms with Gasteiger partial charge in [-0.2, -0.15) is 0 Å². The number of carbonyl (C=O) groups is 2. The van der Waals surface area contributed by atoms with Crippen LogP contribution in [0.2, 0.25) is 0 Å². The van der Waals surface area contributed by atoms with Crippen molar-refractivity contribution in [2.24, 2.45) is 0 Å². The number of fused-ring (bicyclic) bond motifs is 1. The Kier molecular flexibility index (Phi) is 6.36. The third-order valence-corrected chi connectivity index (χ3v) is 5.44. The Balaban J connectivity index is 1.81. The number of carbonyl (C=O) groups excluding carboxylic acids is 2. The molecule has 0 radical (unpaired) electrons. The summed E-state index contributed by atoms with van der Waals surface area (Å²) in [6, 6.07) is 4.70. The number of anilines is 1. The average molecular weight is 431 g/mol. The van der Waals surface area contributed by atoms with E-state index >= 15 is 0 Å². The van der Waals surface area contributed by atoms with Gasteiger partial charge in [-0.1, -0.05) is 0 Å². The van der Waals surface area contributed by atoms with E-state index in [1.54, 1.807) is 26.0 Å². The van der Waals surface area contributed by atoms with Crippen LogP contribution in [0, 0.1) is 6.92 Å². The molecule has 0 amide bonds. The van der Waals surface area contributed by atoms with Crippen LogP contribution in [0.15, 0.2) is 18.2 Å². The minimum absolute atomic E-state index is 0.182. The highest BCUT2D eigenvalue weighted by Crippen LogP contribution is 2.33. The highest BCUT2D eigenvalue weighted by Gasteiger charge is 2.21. The van der Waals surface area contributed by atoms with Gasteiger partial charge in [0.25, 0.3) is 0 Å². The predicted molar refractivity (Wildman–Crippen MR) is 111 cm³/mol. The first kappa shape index (κ1) is 21.3. The third-order valence-electron chi connectivity index (χ3n) is 4.28. The van der Waals surface area contributed by atoms with E-state index in [1.165, 1.54) is 20.3 Å². The second-order valence-corrected chi connectivity index (χ2v) is 7.13. The van der Waals surface area contributed by atoms with E-state index in [0.29, 0.717) is 37.7 Å². The molecule has 0 bridgehead atoms. The van der Waals surface area contributed by atoms with Gasteiger partial charge in [0.2, 0.25) is 0 Å². The SMILES string of the molecule is CCOC(=O)c1sc2nc(COC(=O)c3ccc(OC)c(OC)c3)nc(N)c2c1C. The number of nitrogens with zero attached hydrogens (tertiary/aromatic N) is 2. The molecule has 30 heavy (non-hydrogen) atoms. The monoisotopic (exact) mass is 431 g/mol. The summed E-state index contributed by atoms with van der Waals surface area (Å²) in [6.45, 7) is 3.59. The maximum absolute atomic E-state index is 12.4. The van der Waals surface area contributed by atoms with Crippen molar-refractivity contribution >= 4 is 39.3 Å². The van der Waals surface area contributed by atoms with Crippen LogP contribution in [0.25, 0.3) is 10.2 Å². The molecule has 9 nitrogen and oxygen atoms in total. The Hall–Kier alpha value is -3.40. The molecule has 2 aromatic heterocycles. The van der Waals surface area contributed by atoms with Gasteiger partial charge in [0.1, 0.15) is 15.5 Å². The van der Waals surface area contributed by atoms with Crippen LogP contribution in [-0.2, 0) is 16.1 Å². The molecule has 0 aliphatic heterocycles. The number of nitrogens with two attached hydrogens (primary N) is 1. The molecule has 0 saturated heterocycles. The smallest absolute Gasteiger partial charge is 0.348 e. The fourth-order valence-electron chi connectivity index (χ4n) is 2.85. The zero-order valence-corrected chi connectivity index (χ0v) is 17.8. The number of rotatable bonds is 7. The Morgan fingerprint density at radius 2 is 1.80 bits per heavy atom. The molecule has 1 aromatic carbocycles. The number of nitrogen functional groups attached to an aromatic ring is 1. The van der Waals surface area contributed by atoms with Gasteiger partial charge < -0.3 is 24.7 Å². The summed E-state index contributed by atoms with van der Waals surface area (Å²) in [5, 5.41) is 0.595. The number of methoxy groups -OCH3 is 2. The molecule has 0 aliphatic rings. The lowest BCUT2D eigenvalue weighted by molar-refractivity contribution is 0.0461. The van der Waals surface area contributed by atoms with Crippen LogP contribution in [0.3, 0.4) is 0 Å². The summed E-state index contributed by atoms with van der Waals surface area (Å²) in [7, 11) is 2.99. The highest BCUT2D eigenvalue weighted by atomic mass is 32.1. The topological polar surface area (TPSA) is 123 Å². The first-order valence-electron chi connectivity index (χ1n) is 9.01. The average Bonchev–Trinajstić information content (AvgIpc) is 3.08. The number of aryl methyl sites for hydroxylation is 1. The number of benzene rings is 1. The van der Waals surface area contributed by atoms with E-state index in [1.807, 2.05) is 0 Å². The van der Waals surface area contributed by atoms with E-state index in [4.69, 9.17) is 24.7 Å². The van der Waals surface area contributed by atoms with Gasteiger partial charge in [0.05, 0.1) is 31.8 Å². The van der Waals surface area contributed by atoms with Gasteiger partial charge in [-0.3, -0.25) is 0 Å². The van der Waals surface area contributed by atoms with Crippen molar-refractivity contribution in [1.29, 1.82) is 0 Å². The molecule has 0 atom stereocenters. The zero-order chi connectivity index (χ0) is 21.8. The van der Waals surface area contributed by atoms with Crippen molar-refractivity contribution in [1.82, 2.24) is 9.97 Å². The molecule has 0 saturated carbocycles. The summed E-state index contributed by atoms with van der Waals surface area (Å²) in [4.78, 5) is 34.0. The first-order chi connectivity index (χ1) is 14.4. The molecule has 0 spiro atoms. The third kappa shape index (κ3) is 4.13. The van der Waals surface area contributed by atoms with Crippen LogP contribution < -0.4 is 15.2 Å². The molecular formula is C20H21N3O6S. The molecule has 2 heterocycles. The van der Waals surface area contributed by atoms with Crippen LogP contribution in [0.4, 0.5) is 5.82 Å². The number of esters is 2. The van der Waals surface area contributed by atoms with Gasteiger partial charge >= 0.3 is 11.9 Å². The van der Waals surface area contributed by atoms with Crippen molar-refractivity contribution in [3.05, 3.63) is 40.0 Å². The standard InChI is InChI=1S/C20H21N3O6S/c1-5-28-20(25)16-10(2)15-17(21)22-14(23-18(15)30-16)9-29-19(24)11-6-7-12(26-3)13(8-11)27-4/h6-8H,5,9H2,1-4H3,(H2,21,22,23). The van der Waals surface area contributed by atoms with E-state index in [-0.39, 0.29) is 24.9 Å². The molecule has 2 N–H and O–H groups in total. The molecular weight excluding hydrogens is 410 g/mol. The van der Waals surface area contributed by atoms with Crippen molar-refractivity contribution in [2.45, 2.75) is 20.5 Å². The van der Waals surface area contributed by atoms with Crippen LogP contribution in [0.5, 0.6) is 11.5 Å². The second kappa shape index (κ2) is 8.95. The molecule has 10 heteroatoms. The number of ether oxygens (including phenoxy) is 4. The van der Waals surface area contributed by atoms with Crippen molar-refractivity contribution < 1.29 is 28.5 Å². The summed E-state index contributed by atoms with van der Waals surface area (Å²) < 4.78 is 20.7. The number of hydrogen-bond donors (Lipinski definition) is 1. The quantitative estimate of drug-likeness (QED) is 0.562. The molecule has 0 fully saturated rings. The van der Waals surface area contributed by atoms with Gasteiger partial charge in [0.15, 0.2) is 23.9 Å². The fourth-order valence-corrected chi connectivity index (χ4v) is 3.95. The fraction of sp³-hybridized carbons (Fsp3) is 0.300. The first-order valence-corrected chi connectivity index (χ1v) is 9.83. The highest BCUT2D eigenvalue weighted by molar-refractivity contribution is 7.20. The number of aromatic nitrogens is 2. The van der Waals surface area contributed by atoms with E-state index in [9.17, 15) is 9.59 Å². The zero-order valence-electron chi connectivity index (χ0n) is 17.0. The molecule has 3 aromatic rings. The maximum atomic E-state index is 12.4. The van der Waals surface area contributed by atoms with Crippen LogP contribution >= 0.6 is 11.3 Å². The van der Waals surface area contributed by atoms with E-state index in [0.717, 1.165) is 11.3 Å². The van der Waals surface area contributed by atoms with Crippen LogP contribution in [-0.4, -0.2) is 42.7 Å². The molecule has 0 aliphatic carbocycles. The molecule has 0 unspecified atom stereocenters. The van der Waals surface area contributed by atoms with Gasteiger partial charge in [-0.15, -0.1) is 11.3 Å². The molecule has 3 rings (SSSR count). The Morgan fingerprint density at radius 3 is 2.47 bits per heavy atom. The van der Waals surface area contributed by atoms with Gasteiger partial charge in [0, 0.05) is 0 Å². The number of hydrogen-bond acceptors (Lipinski definition) is 10. The van der Waals surface area contributed by atoms with Gasteiger partial charge in [-0.05, 0) is 37.6 Å². The lowest BCUT2D eigenvalue weighted by Crippen LogP contribution is -2.09. The Labute approximate surface area is 176 Å². The molecule has 158 valence electrons. The van der Waals surface area contributed by atoms with Crippen molar-refractivity contribution in [3.63, 3.8) is 0 Å². The normalized spacial score (nSPS) is 10.7. The maximum Gasteiger partial charge on any atom is 0.348 e. The van der Waals surface area contributed by atoms with Gasteiger partial charge in [-0.25, -0.2) is 19.6 Å². The number of thiophene rings is 1. The Morgan fingerprint density at radius 1 is 1.07 bits per heavy atom. The Bertz CT molecular complexity index is 1110. The predicted octanol–water partition coefficient (Wildman–Crippen LogP) is 3.13. The largest absolute Gasteiger partial charge is 0.493 e. The van der Waals surface area contributed by atoms with Crippen molar-refractivity contribution in [3.8, 4) is 11.5 Å². The van der Waals surface area contributed by atoms with E-state index in [2.05, 4.69) is 9.97 Å². The second-order valence-electron chi connectivity index (χ2n) is 6.13. The van der Waals surface area contributed by atoms with Crippen LogP contribution in [0.1, 0.15) is 38.3 Å². The van der Waals surface area contributed by atoms with E-state index < -0.39 is 11.9 Å². The minimum Gasteiger partial charge on any atom is -0.493 e. The summed E-state index contributed by atoms with van der Waals surface area (Å²) >= 11 is 1.16. The minimum atomic E-state index is -0.576. The van der Waals surface area contributed by atoms with Crippen molar-refractivity contribution in [2.75, 3.05) is 26.6 Å². The lowest BCUT2D eigenvalue weighted by atomic mass is 10.2.